The molecule has 0 saturated carbocycles. The molecular formula is C18H18FN3O2S. The van der Waals surface area contributed by atoms with Gasteiger partial charge < -0.3 is 10.4 Å². The molecule has 0 bridgehead atoms. The third-order valence-corrected chi connectivity index (χ3v) is 5.00. The lowest BCUT2D eigenvalue weighted by Crippen LogP contribution is -2.29. The van der Waals surface area contributed by atoms with Crippen molar-refractivity contribution in [2.24, 2.45) is 0 Å². The van der Waals surface area contributed by atoms with E-state index in [-0.39, 0.29) is 5.82 Å². The minimum atomic E-state index is -0.913. The smallest absolute Gasteiger partial charge is 0.326 e. The first-order chi connectivity index (χ1) is 12.0. The molecule has 0 fully saturated rings. The number of carboxylic acids is 1. The molecule has 5 nitrogen and oxygen atoms in total. The number of aromatic nitrogens is 2. The van der Waals surface area contributed by atoms with Crippen molar-refractivity contribution < 1.29 is 14.3 Å². The molecule has 1 atom stereocenters. The summed E-state index contributed by atoms with van der Waals surface area (Å²) in [6, 6.07) is 5.52. The Morgan fingerprint density at radius 3 is 2.68 bits per heavy atom. The number of rotatable bonds is 6. The van der Waals surface area contributed by atoms with Crippen LogP contribution in [0.15, 0.2) is 30.6 Å². The van der Waals surface area contributed by atoms with Crippen molar-refractivity contribution in [3.05, 3.63) is 41.3 Å². The van der Waals surface area contributed by atoms with E-state index < -0.39 is 12.0 Å². The summed E-state index contributed by atoms with van der Waals surface area (Å²) in [5.74, 6) is -0.720. The second-order valence-corrected chi connectivity index (χ2v) is 6.97. The first kappa shape index (κ1) is 17.3. The van der Waals surface area contributed by atoms with E-state index in [1.807, 2.05) is 13.8 Å². The highest BCUT2D eigenvalue weighted by Gasteiger charge is 2.21. The maximum absolute atomic E-state index is 13.3. The number of aryl methyl sites for hydroxylation is 1. The molecule has 0 spiro atoms. The number of hydrogen-bond acceptors (Lipinski definition) is 5. The van der Waals surface area contributed by atoms with Gasteiger partial charge in [0.25, 0.3) is 0 Å². The monoisotopic (exact) mass is 359 g/mol. The Hall–Kier alpha value is -2.54. The second-order valence-electron chi connectivity index (χ2n) is 5.77. The quantitative estimate of drug-likeness (QED) is 0.679. The first-order valence-electron chi connectivity index (χ1n) is 8.00. The lowest BCUT2D eigenvalue weighted by molar-refractivity contribution is -0.138. The Morgan fingerprint density at radius 1 is 1.32 bits per heavy atom. The molecule has 2 heterocycles. The van der Waals surface area contributed by atoms with Crippen LogP contribution in [0.4, 0.5) is 10.2 Å². The van der Waals surface area contributed by atoms with E-state index >= 15 is 0 Å². The van der Waals surface area contributed by atoms with Crippen molar-refractivity contribution in [1.82, 2.24) is 9.97 Å². The number of carboxylic acid groups (broad SMARTS) is 1. The van der Waals surface area contributed by atoms with Gasteiger partial charge in [0, 0.05) is 10.4 Å². The van der Waals surface area contributed by atoms with Crippen LogP contribution >= 0.6 is 11.3 Å². The van der Waals surface area contributed by atoms with Gasteiger partial charge in [0.1, 0.15) is 28.8 Å². The van der Waals surface area contributed by atoms with Crippen LogP contribution in [-0.2, 0) is 4.79 Å². The van der Waals surface area contributed by atoms with Crippen molar-refractivity contribution in [2.45, 2.75) is 32.7 Å². The van der Waals surface area contributed by atoms with E-state index in [9.17, 15) is 14.3 Å². The van der Waals surface area contributed by atoms with Crippen molar-refractivity contribution in [1.29, 1.82) is 0 Å². The molecule has 25 heavy (non-hydrogen) atoms. The lowest BCUT2D eigenvalue weighted by atomic mass is 10.0. The topological polar surface area (TPSA) is 75.1 Å². The van der Waals surface area contributed by atoms with Crippen LogP contribution in [0.25, 0.3) is 21.3 Å². The number of aliphatic carboxylic acids is 1. The Balaban J connectivity index is 2.14. The van der Waals surface area contributed by atoms with Crippen LogP contribution in [0.5, 0.6) is 0 Å². The number of benzene rings is 1. The molecule has 0 aliphatic carbocycles. The van der Waals surface area contributed by atoms with E-state index in [1.165, 1.54) is 29.8 Å². The molecule has 2 N–H and O–H groups in total. The lowest BCUT2D eigenvalue weighted by Gasteiger charge is -2.15. The van der Waals surface area contributed by atoms with Crippen molar-refractivity contribution in [3.8, 4) is 11.1 Å². The molecule has 2 aromatic heterocycles. The molecule has 0 radical (unpaired) electrons. The maximum Gasteiger partial charge on any atom is 0.326 e. The Morgan fingerprint density at radius 2 is 2.04 bits per heavy atom. The zero-order chi connectivity index (χ0) is 18.0. The summed E-state index contributed by atoms with van der Waals surface area (Å²) in [5.41, 5.74) is 1.76. The van der Waals surface area contributed by atoms with Gasteiger partial charge in [-0.3, -0.25) is 0 Å². The number of hydrogen-bond donors (Lipinski definition) is 2. The summed E-state index contributed by atoms with van der Waals surface area (Å²) in [6.45, 7) is 3.90. The second kappa shape index (κ2) is 7.14. The molecule has 3 aromatic rings. The number of nitrogens with zero attached hydrogens (tertiary/aromatic N) is 2. The third-order valence-electron chi connectivity index (χ3n) is 3.98. The Labute approximate surface area is 148 Å². The molecule has 7 heteroatoms. The number of halogens is 1. The molecule has 1 aromatic carbocycles. The zero-order valence-corrected chi connectivity index (χ0v) is 14.7. The summed E-state index contributed by atoms with van der Waals surface area (Å²) in [7, 11) is 0. The average Bonchev–Trinajstić information content (AvgIpc) is 2.92. The van der Waals surface area contributed by atoms with E-state index in [0.29, 0.717) is 12.2 Å². The first-order valence-corrected chi connectivity index (χ1v) is 8.82. The summed E-state index contributed by atoms with van der Waals surface area (Å²) < 4.78 is 13.3. The van der Waals surface area contributed by atoms with Crippen LogP contribution in [0.2, 0.25) is 0 Å². The number of nitrogens with one attached hydrogen (secondary N) is 1. The molecule has 3 rings (SSSR count). The highest BCUT2D eigenvalue weighted by Crippen LogP contribution is 2.40. The Bertz CT molecular complexity index is 909. The fraction of sp³-hybridized carbons (Fsp3) is 0.278. The van der Waals surface area contributed by atoms with Gasteiger partial charge in [-0.05, 0) is 31.0 Å². The van der Waals surface area contributed by atoms with Gasteiger partial charge in [0.2, 0.25) is 0 Å². The van der Waals surface area contributed by atoms with Gasteiger partial charge in [-0.2, -0.15) is 0 Å². The molecule has 1 unspecified atom stereocenters. The van der Waals surface area contributed by atoms with Crippen LogP contribution in [-0.4, -0.2) is 27.1 Å². The largest absolute Gasteiger partial charge is 0.480 e. The van der Waals surface area contributed by atoms with Gasteiger partial charge >= 0.3 is 5.97 Å². The fourth-order valence-electron chi connectivity index (χ4n) is 2.83. The third kappa shape index (κ3) is 3.46. The Kier molecular flexibility index (Phi) is 4.94. The molecule has 0 aliphatic heterocycles. The summed E-state index contributed by atoms with van der Waals surface area (Å²) in [5, 5.41) is 13.2. The predicted octanol–water partition coefficient (Wildman–Crippen LogP) is 4.47. The number of anilines is 1. The zero-order valence-electron chi connectivity index (χ0n) is 13.9. The number of thiophene rings is 1. The van der Waals surface area contributed by atoms with Gasteiger partial charge in [0.05, 0.1) is 5.39 Å². The van der Waals surface area contributed by atoms with E-state index in [4.69, 9.17) is 0 Å². The van der Waals surface area contributed by atoms with Crippen LogP contribution < -0.4 is 5.32 Å². The molecule has 0 saturated heterocycles. The summed E-state index contributed by atoms with van der Waals surface area (Å²) >= 11 is 1.51. The molecule has 0 aliphatic rings. The summed E-state index contributed by atoms with van der Waals surface area (Å²) in [6.07, 6.45) is 2.67. The van der Waals surface area contributed by atoms with Gasteiger partial charge in [0.15, 0.2) is 0 Å². The van der Waals surface area contributed by atoms with Crippen molar-refractivity contribution in [3.63, 3.8) is 0 Å². The van der Waals surface area contributed by atoms with Gasteiger partial charge in [-0.15, -0.1) is 11.3 Å². The van der Waals surface area contributed by atoms with Crippen LogP contribution in [0.1, 0.15) is 24.6 Å². The maximum atomic E-state index is 13.3. The molecule has 130 valence electrons. The average molecular weight is 359 g/mol. The standard InChI is InChI=1S/C18H18FN3O2S/c1-3-4-13(18(23)24)22-16-15-14(11-5-7-12(19)8-6-11)10(2)25-17(15)21-9-20-16/h5-9,13H,3-4H2,1-2H3,(H,23,24)(H,20,21,22). The van der Waals surface area contributed by atoms with E-state index in [2.05, 4.69) is 15.3 Å². The predicted molar refractivity (Wildman–Crippen MR) is 97.5 cm³/mol. The highest BCUT2D eigenvalue weighted by atomic mass is 32.1. The SMILES string of the molecule is CCCC(Nc1ncnc2sc(C)c(-c3ccc(F)cc3)c12)C(=O)O. The van der Waals surface area contributed by atoms with Gasteiger partial charge in [-0.1, -0.05) is 25.5 Å². The molecule has 0 amide bonds. The van der Waals surface area contributed by atoms with E-state index in [0.717, 1.165) is 32.6 Å². The van der Waals surface area contributed by atoms with Gasteiger partial charge in [-0.25, -0.2) is 19.2 Å². The minimum Gasteiger partial charge on any atom is -0.480 e. The number of carbonyl (C=O) groups is 1. The van der Waals surface area contributed by atoms with Crippen molar-refractivity contribution in [2.75, 3.05) is 5.32 Å². The fourth-order valence-corrected chi connectivity index (χ4v) is 3.84. The van der Waals surface area contributed by atoms with Crippen LogP contribution in [0, 0.1) is 12.7 Å². The summed E-state index contributed by atoms with van der Waals surface area (Å²) in [4.78, 5) is 21.9. The normalized spacial score (nSPS) is 12.3. The van der Waals surface area contributed by atoms with E-state index in [1.54, 1.807) is 12.1 Å². The minimum absolute atomic E-state index is 0.301. The highest BCUT2D eigenvalue weighted by molar-refractivity contribution is 7.19. The molecular weight excluding hydrogens is 341 g/mol. The van der Waals surface area contributed by atoms with Crippen LogP contribution in [0.3, 0.4) is 0 Å². The number of fused-ring (bicyclic) bond motifs is 1. The van der Waals surface area contributed by atoms with Crippen molar-refractivity contribution >= 4 is 33.3 Å².